The zero-order valence-corrected chi connectivity index (χ0v) is 14.0. The minimum Gasteiger partial charge on any atom is -0.342 e. The quantitative estimate of drug-likeness (QED) is 0.833. The predicted molar refractivity (Wildman–Crippen MR) is 97.7 cm³/mol. The van der Waals surface area contributed by atoms with Crippen molar-refractivity contribution >= 4 is 34.4 Å². The minimum atomic E-state index is 0.480. The van der Waals surface area contributed by atoms with Crippen molar-refractivity contribution in [3.8, 4) is 0 Å². The molecule has 2 heterocycles. The zero-order chi connectivity index (χ0) is 15.8. The first-order valence-electron chi connectivity index (χ1n) is 8.16. The molecule has 3 nitrogen and oxygen atoms in total. The molecule has 4 rings (SSSR count). The predicted octanol–water partition coefficient (Wildman–Crippen LogP) is 4.54. The second-order valence-electron chi connectivity index (χ2n) is 6.23. The number of para-hydroxylation sites is 2. The topological polar surface area (TPSA) is 27.6 Å². The molecule has 0 unspecified atom stereocenters. The Labute approximate surface area is 142 Å². The number of piperidine rings is 1. The van der Waals surface area contributed by atoms with Crippen molar-refractivity contribution in [1.82, 2.24) is 5.32 Å². The van der Waals surface area contributed by atoms with Crippen LogP contribution in [0.2, 0.25) is 5.02 Å². The largest absolute Gasteiger partial charge is 0.342 e. The molecule has 2 aromatic rings. The molecule has 0 aliphatic carbocycles. The lowest BCUT2D eigenvalue weighted by Gasteiger charge is -2.26. The number of aliphatic imine (C=N–C) groups is 1. The number of nitrogens with one attached hydrogen (secondary N) is 1. The molecule has 23 heavy (non-hydrogen) atoms. The summed E-state index contributed by atoms with van der Waals surface area (Å²) >= 11 is 6.31. The van der Waals surface area contributed by atoms with Crippen molar-refractivity contribution < 1.29 is 0 Å². The van der Waals surface area contributed by atoms with Crippen LogP contribution < -0.4 is 10.2 Å². The van der Waals surface area contributed by atoms with E-state index in [4.69, 9.17) is 16.6 Å². The fourth-order valence-corrected chi connectivity index (χ4v) is 3.75. The summed E-state index contributed by atoms with van der Waals surface area (Å²) in [5.74, 6) is 0.480. The molecule has 0 bridgehead atoms. The summed E-state index contributed by atoms with van der Waals surface area (Å²) in [5.41, 5.74) is 5.70. The summed E-state index contributed by atoms with van der Waals surface area (Å²) in [7, 11) is 2.10. The smallest absolute Gasteiger partial charge is 0.0870 e. The highest BCUT2D eigenvalue weighted by molar-refractivity contribution is 6.31. The molecule has 118 valence electrons. The van der Waals surface area contributed by atoms with E-state index in [2.05, 4.69) is 53.7 Å². The van der Waals surface area contributed by atoms with Crippen molar-refractivity contribution in [3.63, 3.8) is 0 Å². The number of rotatable bonds is 1. The Morgan fingerprint density at radius 1 is 1.09 bits per heavy atom. The highest BCUT2D eigenvalue weighted by atomic mass is 35.5. The van der Waals surface area contributed by atoms with E-state index in [1.807, 2.05) is 6.07 Å². The van der Waals surface area contributed by atoms with Gasteiger partial charge in [-0.15, -0.1) is 0 Å². The molecule has 1 fully saturated rings. The maximum absolute atomic E-state index is 6.31. The molecular formula is C19H20ClN3. The summed E-state index contributed by atoms with van der Waals surface area (Å²) in [6.45, 7) is 2.11. The van der Waals surface area contributed by atoms with Gasteiger partial charge < -0.3 is 10.2 Å². The number of hydrogen-bond donors (Lipinski definition) is 1. The fraction of sp³-hybridized carbons (Fsp3) is 0.316. The standard InChI is InChI=1S/C19H20ClN3/c1-23-17-7-6-14(20)12-15(17)19(13-8-10-21-11-9-13)22-16-4-2-3-5-18(16)23/h2-7,12-13,21H,8-11H2,1H3. The van der Waals surface area contributed by atoms with Gasteiger partial charge in [0.15, 0.2) is 0 Å². The van der Waals surface area contributed by atoms with Crippen LogP contribution in [0.3, 0.4) is 0 Å². The van der Waals surface area contributed by atoms with Gasteiger partial charge in [-0.05, 0) is 56.3 Å². The summed E-state index contributed by atoms with van der Waals surface area (Å²) in [6, 6.07) is 14.5. The van der Waals surface area contributed by atoms with Gasteiger partial charge in [-0.1, -0.05) is 23.7 Å². The lowest BCUT2D eigenvalue weighted by Crippen LogP contribution is -2.32. The number of fused-ring (bicyclic) bond motifs is 2. The first-order valence-corrected chi connectivity index (χ1v) is 8.54. The van der Waals surface area contributed by atoms with E-state index in [-0.39, 0.29) is 0 Å². The van der Waals surface area contributed by atoms with Crippen LogP contribution in [-0.2, 0) is 0 Å². The van der Waals surface area contributed by atoms with Crippen LogP contribution in [0, 0.1) is 5.92 Å². The zero-order valence-electron chi connectivity index (χ0n) is 13.2. The van der Waals surface area contributed by atoms with Crippen LogP contribution in [0.4, 0.5) is 17.1 Å². The van der Waals surface area contributed by atoms with E-state index in [0.29, 0.717) is 5.92 Å². The van der Waals surface area contributed by atoms with Gasteiger partial charge in [0.05, 0.1) is 22.8 Å². The first-order chi connectivity index (χ1) is 11.2. The van der Waals surface area contributed by atoms with Crippen LogP contribution in [0.5, 0.6) is 0 Å². The van der Waals surface area contributed by atoms with Gasteiger partial charge in [-0.3, -0.25) is 4.99 Å². The number of anilines is 2. The number of hydrogen-bond acceptors (Lipinski definition) is 3. The van der Waals surface area contributed by atoms with Crippen LogP contribution in [-0.4, -0.2) is 25.8 Å². The molecule has 0 saturated carbocycles. The van der Waals surface area contributed by atoms with Crippen molar-refractivity contribution in [2.75, 3.05) is 25.0 Å². The second-order valence-corrected chi connectivity index (χ2v) is 6.67. The lowest BCUT2D eigenvalue weighted by molar-refractivity contribution is 0.457. The molecular weight excluding hydrogens is 306 g/mol. The third kappa shape index (κ3) is 2.64. The number of benzene rings is 2. The van der Waals surface area contributed by atoms with Gasteiger partial charge >= 0.3 is 0 Å². The Balaban J connectivity index is 1.93. The van der Waals surface area contributed by atoms with Gasteiger partial charge in [0.2, 0.25) is 0 Å². The Hall–Kier alpha value is -1.84. The monoisotopic (exact) mass is 325 g/mol. The lowest BCUT2D eigenvalue weighted by atomic mass is 9.88. The minimum absolute atomic E-state index is 0.480. The van der Waals surface area contributed by atoms with Crippen LogP contribution >= 0.6 is 11.6 Å². The summed E-state index contributed by atoms with van der Waals surface area (Å²) in [4.78, 5) is 7.31. The summed E-state index contributed by atoms with van der Waals surface area (Å²) < 4.78 is 0. The average Bonchev–Trinajstić information content (AvgIpc) is 2.71. The van der Waals surface area contributed by atoms with Crippen molar-refractivity contribution in [3.05, 3.63) is 53.1 Å². The third-order valence-corrected chi connectivity index (χ3v) is 5.04. The molecule has 1 N–H and O–H groups in total. The van der Waals surface area contributed by atoms with E-state index >= 15 is 0 Å². The summed E-state index contributed by atoms with van der Waals surface area (Å²) in [6.07, 6.45) is 2.24. The Morgan fingerprint density at radius 3 is 2.70 bits per heavy atom. The van der Waals surface area contributed by atoms with Gasteiger partial charge in [0.25, 0.3) is 0 Å². The first kappa shape index (κ1) is 14.7. The fourth-order valence-electron chi connectivity index (χ4n) is 3.57. The second kappa shape index (κ2) is 5.99. The highest BCUT2D eigenvalue weighted by Gasteiger charge is 2.27. The molecule has 4 heteroatoms. The van der Waals surface area contributed by atoms with Crippen LogP contribution in [0.15, 0.2) is 47.5 Å². The third-order valence-electron chi connectivity index (χ3n) is 4.81. The molecule has 0 spiro atoms. The summed E-state index contributed by atoms with van der Waals surface area (Å²) in [5, 5.41) is 4.21. The van der Waals surface area contributed by atoms with Gasteiger partial charge in [-0.2, -0.15) is 0 Å². The van der Waals surface area contributed by atoms with Crippen molar-refractivity contribution in [1.29, 1.82) is 0 Å². The Morgan fingerprint density at radius 2 is 1.87 bits per heavy atom. The number of nitrogens with zero attached hydrogens (tertiary/aromatic N) is 2. The molecule has 2 aliphatic rings. The molecule has 1 saturated heterocycles. The van der Waals surface area contributed by atoms with E-state index in [9.17, 15) is 0 Å². The maximum atomic E-state index is 6.31. The molecule has 2 aromatic carbocycles. The molecule has 2 aliphatic heterocycles. The molecule has 0 amide bonds. The van der Waals surface area contributed by atoms with E-state index in [0.717, 1.165) is 42.3 Å². The Kier molecular flexibility index (Phi) is 3.83. The van der Waals surface area contributed by atoms with Crippen molar-refractivity contribution in [2.24, 2.45) is 10.9 Å². The van der Waals surface area contributed by atoms with E-state index in [1.165, 1.54) is 17.0 Å². The van der Waals surface area contributed by atoms with E-state index in [1.54, 1.807) is 0 Å². The SMILES string of the molecule is CN1c2ccccc2N=C(C2CCNCC2)c2cc(Cl)ccc21. The van der Waals surface area contributed by atoms with E-state index < -0.39 is 0 Å². The average molecular weight is 326 g/mol. The molecule has 0 atom stereocenters. The van der Waals surface area contributed by atoms with Crippen LogP contribution in [0.25, 0.3) is 0 Å². The molecule has 0 radical (unpaired) electrons. The van der Waals surface area contributed by atoms with Crippen molar-refractivity contribution in [2.45, 2.75) is 12.8 Å². The van der Waals surface area contributed by atoms with Crippen LogP contribution in [0.1, 0.15) is 18.4 Å². The maximum Gasteiger partial charge on any atom is 0.0870 e. The van der Waals surface area contributed by atoms with Gasteiger partial charge in [0, 0.05) is 23.6 Å². The number of halogens is 1. The highest BCUT2D eigenvalue weighted by Crippen LogP contribution is 2.41. The van der Waals surface area contributed by atoms with Gasteiger partial charge in [-0.25, -0.2) is 0 Å². The van der Waals surface area contributed by atoms with Gasteiger partial charge in [0.1, 0.15) is 0 Å². The normalized spacial score (nSPS) is 18.0. The Bertz CT molecular complexity index is 763. The molecule has 0 aromatic heterocycles.